The summed E-state index contributed by atoms with van der Waals surface area (Å²) in [4.78, 5) is 15.3. The first kappa shape index (κ1) is 20.8. The number of fused-ring (bicyclic) bond motifs is 1. The molecule has 3 N–H and O–H groups in total. The number of nitrogens with zero attached hydrogens (tertiary/aromatic N) is 4. The Labute approximate surface area is 172 Å². The number of piperidine rings is 1. The summed E-state index contributed by atoms with van der Waals surface area (Å²) >= 11 is 0. The zero-order valence-corrected chi connectivity index (χ0v) is 16.1. The molecule has 0 aliphatic carbocycles. The molecule has 7 heteroatoms. The third-order valence-electron chi connectivity index (χ3n) is 5.27. The number of pyridine rings is 1. The first-order chi connectivity index (χ1) is 13.7. The highest BCUT2D eigenvalue weighted by Crippen LogP contribution is 2.21. The number of rotatable bonds is 6. The lowest BCUT2D eigenvalue weighted by Crippen LogP contribution is -2.32. The summed E-state index contributed by atoms with van der Waals surface area (Å²) in [5.74, 6) is 2.46. The van der Waals surface area contributed by atoms with Gasteiger partial charge in [0.2, 0.25) is 5.88 Å². The monoisotopic (exact) mass is 394 g/mol. The summed E-state index contributed by atoms with van der Waals surface area (Å²) in [6, 6.07) is 8.11. The molecule has 4 rings (SSSR count). The quantitative estimate of drug-likeness (QED) is 0.660. The Hall–Kier alpha value is -2.93. The van der Waals surface area contributed by atoms with Crippen molar-refractivity contribution < 1.29 is 4.74 Å². The van der Waals surface area contributed by atoms with Crippen molar-refractivity contribution in [2.24, 2.45) is 5.92 Å². The van der Waals surface area contributed by atoms with Gasteiger partial charge in [-0.1, -0.05) is 19.6 Å². The van der Waals surface area contributed by atoms with Gasteiger partial charge in [-0.05, 0) is 62.0 Å². The number of nitrogens with one attached hydrogen (secondary N) is 1. The van der Waals surface area contributed by atoms with Gasteiger partial charge >= 0.3 is 0 Å². The number of anilines is 2. The Morgan fingerprint density at radius 1 is 1.14 bits per heavy atom. The van der Waals surface area contributed by atoms with Crippen LogP contribution in [0.3, 0.4) is 0 Å². The Morgan fingerprint density at radius 3 is 2.72 bits per heavy atom. The summed E-state index contributed by atoms with van der Waals surface area (Å²) < 4.78 is 5.82. The lowest BCUT2D eigenvalue weighted by Gasteiger charge is -2.28. The van der Waals surface area contributed by atoms with E-state index in [4.69, 9.17) is 10.5 Å². The molecule has 0 spiro atoms. The van der Waals surface area contributed by atoms with Crippen molar-refractivity contribution in [2.45, 2.75) is 26.8 Å². The molecule has 1 aliphatic rings. The minimum absolute atomic E-state index is 0. The topological polar surface area (TPSA) is 89.2 Å². The SMILES string of the molecule is C.CN1CCC(COc2cnc(NCc3ccc4c(N)nccc4c3)cn2)CC1. The van der Waals surface area contributed by atoms with Gasteiger partial charge in [-0.3, -0.25) is 0 Å². The smallest absolute Gasteiger partial charge is 0.232 e. The molecule has 0 bridgehead atoms. The third-order valence-corrected chi connectivity index (χ3v) is 5.27. The van der Waals surface area contributed by atoms with Gasteiger partial charge in [0.05, 0.1) is 19.0 Å². The molecule has 3 heterocycles. The average Bonchev–Trinajstić information content (AvgIpc) is 2.73. The molecule has 1 saturated heterocycles. The van der Waals surface area contributed by atoms with Crippen molar-refractivity contribution in [1.29, 1.82) is 0 Å². The van der Waals surface area contributed by atoms with Crippen LogP contribution >= 0.6 is 0 Å². The van der Waals surface area contributed by atoms with Crippen molar-refractivity contribution in [2.75, 3.05) is 37.8 Å². The highest BCUT2D eigenvalue weighted by Gasteiger charge is 2.17. The van der Waals surface area contributed by atoms with Crippen LogP contribution < -0.4 is 15.8 Å². The molecule has 0 atom stereocenters. The zero-order chi connectivity index (χ0) is 19.3. The number of benzene rings is 1. The van der Waals surface area contributed by atoms with Crippen LogP contribution in [0, 0.1) is 5.92 Å². The van der Waals surface area contributed by atoms with E-state index < -0.39 is 0 Å². The maximum absolute atomic E-state index is 5.90. The van der Waals surface area contributed by atoms with Gasteiger partial charge < -0.3 is 20.7 Å². The van der Waals surface area contributed by atoms with E-state index in [1.54, 1.807) is 18.6 Å². The molecule has 3 aromatic rings. The molecule has 154 valence electrons. The number of hydrogen-bond acceptors (Lipinski definition) is 7. The lowest BCUT2D eigenvalue weighted by atomic mass is 9.98. The second-order valence-electron chi connectivity index (χ2n) is 7.40. The number of hydrogen-bond donors (Lipinski definition) is 2. The maximum atomic E-state index is 5.90. The van der Waals surface area contributed by atoms with E-state index in [9.17, 15) is 0 Å². The summed E-state index contributed by atoms with van der Waals surface area (Å²) in [6.07, 6.45) is 7.48. The van der Waals surface area contributed by atoms with Gasteiger partial charge in [-0.2, -0.15) is 0 Å². The predicted octanol–water partition coefficient (Wildman–Crippen LogP) is 3.58. The average molecular weight is 395 g/mol. The van der Waals surface area contributed by atoms with Crippen LogP contribution in [0.4, 0.5) is 11.6 Å². The lowest BCUT2D eigenvalue weighted by molar-refractivity contribution is 0.156. The van der Waals surface area contributed by atoms with E-state index in [1.165, 1.54) is 12.8 Å². The fraction of sp³-hybridized carbons (Fsp3) is 0.409. The van der Waals surface area contributed by atoms with Crippen LogP contribution in [0.5, 0.6) is 5.88 Å². The molecule has 0 unspecified atom stereocenters. The van der Waals surface area contributed by atoms with Gasteiger partial charge in [0.1, 0.15) is 11.6 Å². The molecule has 2 aromatic heterocycles. The molecule has 0 saturated carbocycles. The largest absolute Gasteiger partial charge is 0.476 e. The van der Waals surface area contributed by atoms with Crippen LogP contribution in [0.25, 0.3) is 10.8 Å². The predicted molar refractivity (Wildman–Crippen MR) is 118 cm³/mol. The molecule has 29 heavy (non-hydrogen) atoms. The van der Waals surface area contributed by atoms with Crippen LogP contribution in [0.1, 0.15) is 25.8 Å². The van der Waals surface area contributed by atoms with Crippen molar-refractivity contribution in [3.8, 4) is 5.88 Å². The van der Waals surface area contributed by atoms with Gasteiger partial charge in [0, 0.05) is 18.1 Å². The van der Waals surface area contributed by atoms with Gasteiger partial charge in [-0.15, -0.1) is 0 Å². The van der Waals surface area contributed by atoms with E-state index in [1.807, 2.05) is 18.2 Å². The van der Waals surface area contributed by atoms with Gasteiger partial charge in [-0.25, -0.2) is 15.0 Å². The van der Waals surface area contributed by atoms with Crippen molar-refractivity contribution in [3.05, 3.63) is 48.4 Å². The number of aromatic nitrogens is 3. The maximum Gasteiger partial charge on any atom is 0.232 e. The van der Waals surface area contributed by atoms with E-state index in [0.717, 1.165) is 35.2 Å². The number of nitrogen functional groups attached to an aromatic ring is 1. The van der Waals surface area contributed by atoms with Crippen molar-refractivity contribution in [3.63, 3.8) is 0 Å². The third kappa shape index (κ3) is 5.32. The fourth-order valence-corrected chi connectivity index (χ4v) is 3.47. The first-order valence-corrected chi connectivity index (χ1v) is 9.68. The molecule has 1 fully saturated rings. The molecule has 1 aliphatic heterocycles. The number of ether oxygens (including phenoxy) is 1. The van der Waals surface area contributed by atoms with Crippen LogP contribution in [-0.4, -0.2) is 46.6 Å². The summed E-state index contributed by atoms with van der Waals surface area (Å²) in [7, 11) is 2.17. The highest BCUT2D eigenvalue weighted by molar-refractivity contribution is 5.91. The number of likely N-dealkylation sites (tertiary alicyclic amines) is 1. The fourth-order valence-electron chi connectivity index (χ4n) is 3.47. The molecular formula is C22H30N6O. The van der Waals surface area contributed by atoms with Crippen molar-refractivity contribution in [1.82, 2.24) is 19.9 Å². The molecule has 0 amide bonds. The Bertz CT molecular complexity index is 922. The van der Waals surface area contributed by atoms with Gasteiger partial charge in [0.25, 0.3) is 0 Å². The van der Waals surface area contributed by atoms with Gasteiger partial charge in [0.15, 0.2) is 0 Å². The second-order valence-corrected chi connectivity index (χ2v) is 7.40. The van der Waals surface area contributed by atoms with E-state index in [2.05, 4.69) is 38.3 Å². The molecule has 1 aromatic carbocycles. The Balaban J connectivity index is 0.00000240. The standard InChI is InChI=1S/C21H26N6O.CH4/c1-27-8-5-15(6-9-27)14-28-20-13-25-19(12-26-20)24-11-16-2-3-18-17(10-16)4-7-23-21(18)22;/h2-4,7,10,12-13,15H,5-6,8-9,11,14H2,1H3,(H2,22,23)(H,24,25);1H4. The minimum atomic E-state index is 0. The number of nitrogens with two attached hydrogens (primary N) is 1. The summed E-state index contributed by atoms with van der Waals surface area (Å²) in [5, 5.41) is 5.35. The van der Waals surface area contributed by atoms with Crippen LogP contribution in [0.15, 0.2) is 42.9 Å². The normalized spacial score (nSPS) is 15.1. The second kappa shape index (κ2) is 9.52. The van der Waals surface area contributed by atoms with Crippen LogP contribution in [-0.2, 0) is 6.54 Å². The first-order valence-electron chi connectivity index (χ1n) is 9.68. The van der Waals surface area contributed by atoms with E-state index in [0.29, 0.717) is 30.8 Å². The summed E-state index contributed by atoms with van der Waals surface area (Å²) in [6.45, 7) is 3.65. The summed E-state index contributed by atoms with van der Waals surface area (Å²) in [5.41, 5.74) is 7.05. The Kier molecular flexibility index (Phi) is 6.82. The molecule has 0 radical (unpaired) electrons. The molecular weight excluding hydrogens is 364 g/mol. The van der Waals surface area contributed by atoms with E-state index in [-0.39, 0.29) is 7.43 Å². The Morgan fingerprint density at radius 2 is 1.97 bits per heavy atom. The minimum Gasteiger partial charge on any atom is -0.476 e. The zero-order valence-electron chi connectivity index (χ0n) is 16.1. The molecule has 7 nitrogen and oxygen atoms in total. The van der Waals surface area contributed by atoms with Crippen LogP contribution in [0.2, 0.25) is 0 Å². The van der Waals surface area contributed by atoms with Crippen molar-refractivity contribution >= 4 is 22.4 Å². The highest BCUT2D eigenvalue weighted by atomic mass is 16.5. The van der Waals surface area contributed by atoms with E-state index >= 15 is 0 Å².